The van der Waals surface area contributed by atoms with Crippen LogP contribution in [0.5, 0.6) is 23.0 Å². The first kappa shape index (κ1) is 46.9. The van der Waals surface area contributed by atoms with Gasteiger partial charge in [0, 0.05) is 49.8 Å². The molecule has 6 unspecified atom stereocenters. The Hall–Kier alpha value is -6.61. The Morgan fingerprint density at radius 2 is 1.63 bits per heavy atom. The van der Waals surface area contributed by atoms with Crippen LogP contribution in [0.3, 0.4) is 0 Å². The number of rotatable bonds is 20. The molecular formula is C53H56FN3O10. The van der Waals surface area contributed by atoms with E-state index in [2.05, 4.69) is 18.7 Å². The molecule has 1 aliphatic heterocycles. The van der Waals surface area contributed by atoms with Crippen molar-refractivity contribution in [3.05, 3.63) is 161 Å². The number of benzene rings is 5. The molecule has 1 amide bonds. The zero-order valence-corrected chi connectivity index (χ0v) is 37.5. The lowest BCUT2D eigenvalue weighted by atomic mass is 9.55. The predicted molar refractivity (Wildman–Crippen MR) is 252 cm³/mol. The Morgan fingerprint density at radius 1 is 0.925 bits per heavy atom. The standard InChI is InChI=1S/C53H56FN3O10/c1-3-29-63-53-49(56(34-35-15-18-39(54)19-16-35)52(60)66-41-23-20-40(21-24-41)57(61)62)33-47(55-64-4-2)45-31-38(13-7-9-27-58)44(14-8-10-28-59)50(51(45)53)46-32-43(25-26-48(46)67-53)65-42-22-17-36-11-5-6-12-37(36)30-42/h3,5-6,11-12,15-26,30-32,38,44,49-51,58-59H,1,4,7-10,13-14,27-29,33-34H2,2H3. The van der Waals surface area contributed by atoms with Crippen molar-refractivity contribution in [2.24, 2.45) is 22.9 Å². The van der Waals surface area contributed by atoms with Gasteiger partial charge >= 0.3 is 6.09 Å². The lowest BCUT2D eigenvalue weighted by Crippen LogP contribution is -2.70. The Bertz CT molecular complexity index is 2600. The van der Waals surface area contributed by atoms with E-state index in [4.69, 9.17) is 28.9 Å². The highest BCUT2D eigenvalue weighted by Gasteiger charge is 2.65. The summed E-state index contributed by atoms with van der Waals surface area (Å²) in [5.41, 5.74) is 2.73. The van der Waals surface area contributed by atoms with Gasteiger partial charge in [-0.05, 0) is 121 Å². The predicted octanol–water partition coefficient (Wildman–Crippen LogP) is 11.0. The second-order valence-electron chi connectivity index (χ2n) is 17.2. The van der Waals surface area contributed by atoms with Crippen LogP contribution in [0.1, 0.15) is 68.9 Å². The minimum atomic E-state index is -1.62. The number of nitrogens with zero attached hydrogens (tertiary/aromatic N) is 3. The van der Waals surface area contributed by atoms with Crippen molar-refractivity contribution in [3.63, 3.8) is 0 Å². The molecule has 2 N–H and O–H groups in total. The third-order valence-corrected chi connectivity index (χ3v) is 13.0. The number of unbranched alkanes of at least 4 members (excludes halogenated alkanes) is 2. The zero-order chi connectivity index (χ0) is 46.9. The molecule has 13 nitrogen and oxygen atoms in total. The Labute approximate surface area is 389 Å². The van der Waals surface area contributed by atoms with Crippen LogP contribution < -0.4 is 14.2 Å². The number of aliphatic hydroxyl groups excluding tert-OH is 2. The van der Waals surface area contributed by atoms with Gasteiger partial charge in [0.25, 0.3) is 5.69 Å². The second kappa shape index (κ2) is 21.3. The fourth-order valence-electron chi connectivity index (χ4n) is 10.1. The Balaban J connectivity index is 1.32. The van der Waals surface area contributed by atoms with Gasteiger partial charge in [0.05, 0.1) is 23.2 Å². The maximum atomic E-state index is 15.0. The van der Waals surface area contributed by atoms with E-state index in [1.165, 1.54) is 41.3 Å². The van der Waals surface area contributed by atoms with Gasteiger partial charge in [-0.15, -0.1) is 6.58 Å². The molecule has 5 aromatic carbocycles. The number of ether oxygens (including phenoxy) is 4. The number of hydrogen-bond donors (Lipinski definition) is 2. The van der Waals surface area contributed by atoms with Crippen molar-refractivity contribution < 1.29 is 48.1 Å². The number of hydrogen-bond acceptors (Lipinski definition) is 11. The highest BCUT2D eigenvalue weighted by molar-refractivity contribution is 6.03. The Kier molecular flexibility index (Phi) is 14.9. The number of non-ortho nitro benzene ring substituents is 1. The van der Waals surface area contributed by atoms with E-state index in [1.807, 2.05) is 61.5 Å². The van der Waals surface area contributed by atoms with Crippen molar-refractivity contribution in [3.8, 4) is 23.0 Å². The number of fused-ring (bicyclic) bond motifs is 3. The lowest BCUT2D eigenvalue weighted by molar-refractivity contribution is -0.384. The van der Waals surface area contributed by atoms with E-state index in [-0.39, 0.29) is 68.6 Å². The average Bonchev–Trinajstić information content (AvgIpc) is 3.34. The van der Waals surface area contributed by atoms with Crippen LogP contribution in [0.2, 0.25) is 0 Å². The van der Waals surface area contributed by atoms with Crippen LogP contribution in [0.4, 0.5) is 14.9 Å². The maximum absolute atomic E-state index is 15.0. The first-order chi connectivity index (χ1) is 32.7. The van der Waals surface area contributed by atoms with Gasteiger partial charge in [0.1, 0.15) is 41.5 Å². The van der Waals surface area contributed by atoms with Crippen LogP contribution in [0.15, 0.2) is 139 Å². The van der Waals surface area contributed by atoms with Crippen molar-refractivity contribution in [1.29, 1.82) is 0 Å². The number of amides is 1. The lowest BCUT2D eigenvalue weighted by Gasteiger charge is -2.59. The first-order valence-corrected chi connectivity index (χ1v) is 23.0. The SMILES string of the molecule is C=CCOC12Oc3ccc(Oc4ccc5ccccc5c4)cc3C3C(CCCCO)C(CCCCO)C=C(C(=NOCC)CC1N(Cc1ccc(F)cc1)C(=O)Oc1ccc([N+](=O)[O-])cc1)C32. The van der Waals surface area contributed by atoms with Gasteiger partial charge < -0.3 is 34.0 Å². The minimum absolute atomic E-state index is 0.000377. The van der Waals surface area contributed by atoms with E-state index in [1.54, 1.807) is 18.2 Å². The third kappa shape index (κ3) is 10.2. The summed E-state index contributed by atoms with van der Waals surface area (Å²) in [5, 5.41) is 38.3. The summed E-state index contributed by atoms with van der Waals surface area (Å²) >= 11 is 0. The van der Waals surface area contributed by atoms with Crippen LogP contribution >= 0.6 is 0 Å². The van der Waals surface area contributed by atoms with Crippen molar-refractivity contribution in [2.75, 3.05) is 26.4 Å². The number of nitro groups is 1. The van der Waals surface area contributed by atoms with Gasteiger partial charge in [-0.1, -0.05) is 72.6 Å². The normalized spacial score (nSPS) is 22.2. The van der Waals surface area contributed by atoms with Crippen LogP contribution in [0.25, 0.3) is 10.8 Å². The Morgan fingerprint density at radius 3 is 2.34 bits per heavy atom. The van der Waals surface area contributed by atoms with Crippen molar-refractivity contribution >= 4 is 28.3 Å². The molecule has 0 saturated heterocycles. The third-order valence-electron chi connectivity index (χ3n) is 13.0. The van der Waals surface area contributed by atoms with Crippen molar-refractivity contribution in [1.82, 2.24) is 4.90 Å². The largest absolute Gasteiger partial charge is 0.459 e. The number of oxime groups is 1. The molecule has 2 aliphatic carbocycles. The molecule has 6 atom stereocenters. The molecule has 67 heavy (non-hydrogen) atoms. The molecule has 1 heterocycles. The fraction of sp³-hybridized carbons (Fsp3) is 0.358. The van der Waals surface area contributed by atoms with E-state index in [0.717, 1.165) is 47.6 Å². The number of nitro benzene ring substituents is 1. The highest BCUT2D eigenvalue weighted by Crippen LogP contribution is 2.62. The van der Waals surface area contributed by atoms with Crippen LogP contribution in [-0.4, -0.2) is 70.1 Å². The smallest absolute Gasteiger partial charge is 0.416 e. The van der Waals surface area contributed by atoms with E-state index in [9.17, 15) is 29.5 Å². The number of carbonyl (C=O) groups is 1. The van der Waals surface area contributed by atoms with Gasteiger partial charge in [0.2, 0.25) is 5.79 Å². The highest BCUT2D eigenvalue weighted by atomic mass is 19.1. The summed E-state index contributed by atoms with van der Waals surface area (Å²) in [6.07, 6.45) is 7.38. The van der Waals surface area contributed by atoms with Gasteiger partial charge in [-0.2, -0.15) is 0 Å². The minimum Gasteiger partial charge on any atom is -0.459 e. The van der Waals surface area contributed by atoms with E-state index < -0.39 is 34.6 Å². The molecule has 350 valence electrons. The monoisotopic (exact) mass is 913 g/mol. The van der Waals surface area contributed by atoms with Gasteiger partial charge in [-0.25, -0.2) is 9.18 Å². The molecule has 8 rings (SSSR count). The number of carbonyl (C=O) groups excluding carboxylic acids is 1. The summed E-state index contributed by atoms with van der Waals surface area (Å²) in [5.74, 6) is -1.22. The second-order valence-corrected chi connectivity index (χ2v) is 17.2. The number of aliphatic hydroxyl groups is 2. The summed E-state index contributed by atoms with van der Waals surface area (Å²) in [7, 11) is 0. The zero-order valence-electron chi connectivity index (χ0n) is 37.5. The molecule has 1 saturated carbocycles. The molecule has 3 aliphatic rings. The molecule has 0 spiro atoms. The van der Waals surface area contributed by atoms with E-state index >= 15 is 0 Å². The van der Waals surface area contributed by atoms with Crippen LogP contribution in [0, 0.1) is 33.7 Å². The average molecular weight is 914 g/mol. The first-order valence-electron chi connectivity index (χ1n) is 23.0. The van der Waals surface area contributed by atoms with Crippen LogP contribution in [-0.2, 0) is 16.1 Å². The molecular weight excluding hydrogens is 858 g/mol. The number of allylic oxidation sites excluding steroid dienone is 1. The summed E-state index contributed by atoms with van der Waals surface area (Å²) in [4.78, 5) is 33.3. The van der Waals surface area contributed by atoms with E-state index in [0.29, 0.717) is 41.4 Å². The molecule has 14 heteroatoms. The molecule has 1 fully saturated rings. The topological polar surface area (TPSA) is 162 Å². The van der Waals surface area contributed by atoms with Crippen molar-refractivity contribution in [2.45, 2.75) is 76.2 Å². The fourth-order valence-corrected chi connectivity index (χ4v) is 10.1. The molecule has 5 aromatic rings. The van der Waals surface area contributed by atoms with Gasteiger partial charge in [0.15, 0.2) is 0 Å². The summed E-state index contributed by atoms with van der Waals surface area (Å²) in [6.45, 7) is 6.17. The van der Waals surface area contributed by atoms with Gasteiger partial charge in [-0.3, -0.25) is 15.0 Å². The number of halogens is 1. The molecule has 0 bridgehead atoms. The molecule has 0 radical (unpaired) electrons. The summed E-state index contributed by atoms with van der Waals surface area (Å²) < 4.78 is 41.5. The quantitative estimate of drug-likeness (QED) is 0.0333. The summed E-state index contributed by atoms with van der Waals surface area (Å²) in [6, 6.07) is 29.9. The maximum Gasteiger partial charge on any atom is 0.416 e. The molecule has 0 aromatic heterocycles.